The smallest absolute Gasteiger partial charge is 0.290 e. The van der Waals surface area contributed by atoms with E-state index in [-0.39, 0.29) is 17.6 Å². The van der Waals surface area contributed by atoms with Gasteiger partial charge in [-0.3, -0.25) is 4.79 Å². The highest BCUT2D eigenvalue weighted by Crippen LogP contribution is 2.26. The molecule has 1 aromatic heterocycles. The molecule has 1 saturated carbocycles. The zero-order valence-electron chi connectivity index (χ0n) is 10.5. The van der Waals surface area contributed by atoms with Crippen LogP contribution in [0, 0.1) is 24.2 Å². The third-order valence-corrected chi connectivity index (χ3v) is 3.50. The third kappa shape index (κ3) is 2.70. The van der Waals surface area contributed by atoms with Crippen LogP contribution in [0.5, 0.6) is 0 Å². The zero-order valence-corrected chi connectivity index (χ0v) is 10.5. The largest absolute Gasteiger partial charge is 0.438 e. The molecule has 5 heteroatoms. The fraction of sp³-hybridized carbons (Fsp3) is 0.615. The lowest BCUT2D eigenvalue weighted by molar-refractivity contribution is 0.0900. The molecule has 0 aliphatic heterocycles. The van der Waals surface area contributed by atoms with Gasteiger partial charge in [-0.05, 0) is 25.7 Å². The highest BCUT2D eigenvalue weighted by molar-refractivity contribution is 5.92. The van der Waals surface area contributed by atoms with Gasteiger partial charge >= 0.3 is 0 Å². The van der Waals surface area contributed by atoms with Gasteiger partial charge < -0.3 is 9.73 Å². The van der Waals surface area contributed by atoms with E-state index < -0.39 is 6.04 Å². The first-order valence-electron chi connectivity index (χ1n) is 6.33. The average molecular weight is 247 g/mol. The quantitative estimate of drug-likeness (QED) is 0.887. The van der Waals surface area contributed by atoms with Crippen molar-refractivity contribution >= 4 is 5.91 Å². The van der Waals surface area contributed by atoms with Gasteiger partial charge in [-0.2, -0.15) is 5.26 Å². The van der Waals surface area contributed by atoms with Crippen molar-refractivity contribution in [3.63, 3.8) is 0 Å². The first kappa shape index (κ1) is 12.6. The van der Waals surface area contributed by atoms with Gasteiger partial charge in [0.2, 0.25) is 5.76 Å². The molecule has 2 rings (SSSR count). The van der Waals surface area contributed by atoms with Crippen molar-refractivity contribution in [3.8, 4) is 6.07 Å². The van der Waals surface area contributed by atoms with Gasteiger partial charge in [0.05, 0.1) is 11.8 Å². The Labute approximate surface area is 106 Å². The summed E-state index contributed by atoms with van der Waals surface area (Å²) in [5.41, 5.74) is 0.549. The SMILES string of the molecule is Cc1ncoc1C(=O)NC(C#N)C1CCCCC1. The molecule has 96 valence electrons. The number of aryl methyl sites for hydroxylation is 1. The first-order chi connectivity index (χ1) is 8.72. The van der Waals surface area contributed by atoms with Gasteiger partial charge in [-0.15, -0.1) is 0 Å². The number of nitrogens with one attached hydrogen (secondary N) is 1. The Bertz CT molecular complexity index is 455. The minimum atomic E-state index is -0.428. The molecule has 1 atom stereocenters. The summed E-state index contributed by atoms with van der Waals surface area (Å²) in [6, 6.07) is 1.76. The molecule has 1 unspecified atom stereocenters. The molecule has 1 N–H and O–H groups in total. The van der Waals surface area contributed by atoms with E-state index in [2.05, 4.69) is 16.4 Å². The predicted octanol–water partition coefficient (Wildman–Crippen LogP) is 2.19. The summed E-state index contributed by atoms with van der Waals surface area (Å²) in [5, 5.41) is 11.9. The zero-order chi connectivity index (χ0) is 13.0. The number of rotatable bonds is 3. The molecular weight excluding hydrogens is 230 g/mol. The average Bonchev–Trinajstić information content (AvgIpc) is 2.83. The van der Waals surface area contributed by atoms with Crippen molar-refractivity contribution in [3.05, 3.63) is 17.8 Å². The summed E-state index contributed by atoms with van der Waals surface area (Å²) in [6.45, 7) is 1.71. The van der Waals surface area contributed by atoms with E-state index in [9.17, 15) is 10.1 Å². The molecular formula is C13H17N3O2. The Morgan fingerprint density at radius 1 is 1.56 bits per heavy atom. The van der Waals surface area contributed by atoms with Crippen LogP contribution in [0.15, 0.2) is 10.8 Å². The van der Waals surface area contributed by atoms with Gasteiger partial charge in [-0.25, -0.2) is 4.98 Å². The number of nitriles is 1. The fourth-order valence-electron chi connectivity index (χ4n) is 2.45. The van der Waals surface area contributed by atoms with E-state index in [1.807, 2.05) is 0 Å². The number of carbonyl (C=O) groups is 1. The number of nitrogens with zero attached hydrogens (tertiary/aromatic N) is 2. The summed E-state index contributed by atoms with van der Waals surface area (Å²) in [4.78, 5) is 15.8. The summed E-state index contributed by atoms with van der Waals surface area (Å²) >= 11 is 0. The van der Waals surface area contributed by atoms with Crippen LogP contribution >= 0.6 is 0 Å². The van der Waals surface area contributed by atoms with Gasteiger partial charge in [-0.1, -0.05) is 19.3 Å². The maximum Gasteiger partial charge on any atom is 0.290 e. The van der Waals surface area contributed by atoms with Gasteiger partial charge in [0.1, 0.15) is 6.04 Å². The van der Waals surface area contributed by atoms with Crippen LogP contribution in [-0.2, 0) is 0 Å². The molecule has 0 saturated heterocycles. The Morgan fingerprint density at radius 2 is 2.28 bits per heavy atom. The highest BCUT2D eigenvalue weighted by atomic mass is 16.3. The summed E-state index contributed by atoms with van der Waals surface area (Å²) in [6.07, 6.45) is 6.76. The normalized spacial score (nSPS) is 18.0. The van der Waals surface area contributed by atoms with Crippen LogP contribution in [0.2, 0.25) is 0 Å². The van der Waals surface area contributed by atoms with Crippen LogP contribution < -0.4 is 5.32 Å². The standard InChI is InChI=1S/C13H17N3O2/c1-9-12(18-8-15-9)13(17)16-11(7-14)10-5-3-2-4-6-10/h8,10-11H,2-6H2,1H3,(H,16,17). The van der Waals surface area contributed by atoms with E-state index in [0.717, 1.165) is 25.7 Å². The number of oxazole rings is 1. The van der Waals surface area contributed by atoms with Gasteiger partial charge in [0.25, 0.3) is 5.91 Å². The molecule has 1 fully saturated rings. The monoisotopic (exact) mass is 247 g/mol. The van der Waals surface area contributed by atoms with Crippen molar-refractivity contribution in [1.29, 1.82) is 5.26 Å². The van der Waals surface area contributed by atoms with Crippen LogP contribution in [0.4, 0.5) is 0 Å². The van der Waals surface area contributed by atoms with Crippen molar-refractivity contribution in [1.82, 2.24) is 10.3 Å². The topological polar surface area (TPSA) is 78.9 Å². The van der Waals surface area contributed by atoms with Crippen LogP contribution in [0.1, 0.15) is 48.4 Å². The Balaban J connectivity index is 2.00. The maximum atomic E-state index is 11.9. The number of amides is 1. The van der Waals surface area contributed by atoms with Crippen molar-refractivity contribution in [2.24, 2.45) is 5.92 Å². The van der Waals surface area contributed by atoms with Crippen LogP contribution in [-0.4, -0.2) is 16.9 Å². The van der Waals surface area contributed by atoms with Crippen molar-refractivity contribution in [2.75, 3.05) is 0 Å². The molecule has 0 spiro atoms. The molecule has 1 aliphatic carbocycles. The molecule has 5 nitrogen and oxygen atoms in total. The summed E-state index contributed by atoms with van der Waals surface area (Å²) < 4.78 is 5.03. The fourth-order valence-corrected chi connectivity index (χ4v) is 2.45. The molecule has 1 aliphatic rings. The number of hydrogen-bond acceptors (Lipinski definition) is 4. The second kappa shape index (κ2) is 5.67. The van der Waals surface area contributed by atoms with Crippen molar-refractivity contribution in [2.45, 2.75) is 45.1 Å². The Kier molecular flexibility index (Phi) is 3.98. The molecule has 1 heterocycles. The van der Waals surface area contributed by atoms with Gasteiger partial charge in [0.15, 0.2) is 6.39 Å². The lowest BCUT2D eigenvalue weighted by Crippen LogP contribution is -2.40. The van der Waals surface area contributed by atoms with Crippen LogP contribution in [0.3, 0.4) is 0 Å². The first-order valence-corrected chi connectivity index (χ1v) is 6.33. The second-order valence-corrected chi connectivity index (χ2v) is 4.75. The molecule has 18 heavy (non-hydrogen) atoms. The molecule has 0 bridgehead atoms. The van der Waals surface area contributed by atoms with E-state index >= 15 is 0 Å². The number of hydrogen-bond donors (Lipinski definition) is 1. The molecule has 1 amide bonds. The lowest BCUT2D eigenvalue weighted by atomic mass is 9.84. The Hall–Kier alpha value is -1.83. The van der Waals surface area contributed by atoms with E-state index in [1.54, 1.807) is 6.92 Å². The maximum absolute atomic E-state index is 11.9. The predicted molar refractivity (Wildman–Crippen MR) is 64.7 cm³/mol. The minimum absolute atomic E-state index is 0.200. The summed E-state index contributed by atoms with van der Waals surface area (Å²) in [5.74, 6) is 0.115. The lowest BCUT2D eigenvalue weighted by Gasteiger charge is -2.26. The van der Waals surface area contributed by atoms with Crippen molar-refractivity contribution < 1.29 is 9.21 Å². The minimum Gasteiger partial charge on any atom is -0.438 e. The molecule has 1 aromatic rings. The Morgan fingerprint density at radius 3 is 2.83 bits per heavy atom. The molecule has 0 radical (unpaired) electrons. The highest BCUT2D eigenvalue weighted by Gasteiger charge is 2.26. The second-order valence-electron chi connectivity index (χ2n) is 4.75. The van der Waals surface area contributed by atoms with E-state index in [4.69, 9.17) is 4.42 Å². The third-order valence-electron chi connectivity index (χ3n) is 3.50. The van der Waals surface area contributed by atoms with Gasteiger partial charge in [0, 0.05) is 0 Å². The van der Waals surface area contributed by atoms with E-state index in [1.165, 1.54) is 12.8 Å². The van der Waals surface area contributed by atoms with Crippen LogP contribution in [0.25, 0.3) is 0 Å². The number of aromatic nitrogens is 1. The molecule has 0 aromatic carbocycles. The number of carbonyl (C=O) groups excluding carboxylic acids is 1. The van der Waals surface area contributed by atoms with E-state index in [0.29, 0.717) is 5.69 Å². The summed E-state index contributed by atoms with van der Waals surface area (Å²) in [7, 11) is 0.